The number of rotatable bonds is 7. The Kier molecular flexibility index (Phi) is 5.23. The van der Waals surface area contributed by atoms with Crippen LogP contribution in [0.2, 0.25) is 0 Å². The maximum absolute atomic E-state index is 11.7. The van der Waals surface area contributed by atoms with Gasteiger partial charge >= 0.3 is 0 Å². The highest BCUT2D eigenvalue weighted by molar-refractivity contribution is 5.98. The molecule has 0 saturated carbocycles. The maximum atomic E-state index is 11.7. The lowest BCUT2D eigenvalue weighted by molar-refractivity contribution is 0.100. The second-order valence-corrected chi connectivity index (χ2v) is 5.43. The summed E-state index contributed by atoms with van der Waals surface area (Å²) < 4.78 is 5.14. The largest absolute Gasteiger partial charge is 0.497 e. The molecule has 3 rings (SSSR count). The summed E-state index contributed by atoms with van der Waals surface area (Å²) in [7, 11) is 1.61. The van der Waals surface area contributed by atoms with Gasteiger partial charge in [0, 0.05) is 42.5 Å². The SMILES string of the molecule is COc1ccc(Nc2cc(NCc3cncnc3)c(C(N)=O)cn2)cc1. The zero-order valence-corrected chi connectivity index (χ0v) is 14.1. The first-order valence-corrected chi connectivity index (χ1v) is 7.84. The normalized spacial score (nSPS) is 10.2. The Hall–Kier alpha value is -3.68. The number of benzene rings is 1. The summed E-state index contributed by atoms with van der Waals surface area (Å²) in [6, 6.07) is 9.16. The number of aromatic nitrogens is 3. The van der Waals surface area contributed by atoms with Crippen LogP contribution < -0.4 is 21.1 Å². The molecule has 8 nitrogen and oxygen atoms in total. The third-order valence-corrected chi connectivity index (χ3v) is 3.63. The first-order chi connectivity index (χ1) is 12.7. The highest BCUT2D eigenvalue weighted by Crippen LogP contribution is 2.23. The number of hydrogen-bond donors (Lipinski definition) is 3. The van der Waals surface area contributed by atoms with Crippen LogP contribution >= 0.6 is 0 Å². The molecule has 0 radical (unpaired) electrons. The first-order valence-electron chi connectivity index (χ1n) is 7.84. The molecule has 0 aliphatic rings. The molecular weight excluding hydrogens is 332 g/mol. The molecule has 0 fully saturated rings. The van der Waals surface area contributed by atoms with Crippen LogP contribution in [0, 0.1) is 0 Å². The first kappa shape index (κ1) is 17.2. The molecule has 8 heteroatoms. The van der Waals surface area contributed by atoms with E-state index >= 15 is 0 Å². The predicted molar refractivity (Wildman–Crippen MR) is 98.4 cm³/mol. The fourth-order valence-corrected chi connectivity index (χ4v) is 2.31. The zero-order valence-electron chi connectivity index (χ0n) is 14.1. The standard InChI is InChI=1S/C18H18N6O2/c1-26-14-4-2-13(3-5-14)24-17-6-16(15(10-23-17)18(19)25)22-9-12-7-20-11-21-8-12/h2-8,10-11H,9H2,1H3,(H2,19,25)(H2,22,23,24). The lowest BCUT2D eigenvalue weighted by Gasteiger charge is -2.13. The van der Waals surface area contributed by atoms with E-state index in [1.54, 1.807) is 25.6 Å². The van der Waals surface area contributed by atoms with Gasteiger partial charge in [-0.15, -0.1) is 0 Å². The van der Waals surface area contributed by atoms with Gasteiger partial charge in [0.2, 0.25) is 0 Å². The third kappa shape index (κ3) is 4.23. The van der Waals surface area contributed by atoms with Gasteiger partial charge in [0.15, 0.2) is 0 Å². The highest BCUT2D eigenvalue weighted by Gasteiger charge is 2.11. The third-order valence-electron chi connectivity index (χ3n) is 3.63. The van der Waals surface area contributed by atoms with Gasteiger partial charge in [-0.2, -0.15) is 0 Å². The predicted octanol–water partition coefficient (Wildman–Crippen LogP) is 2.33. The molecular formula is C18H18N6O2. The number of nitrogens with one attached hydrogen (secondary N) is 2. The van der Waals surface area contributed by atoms with Crippen LogP contribution in [0.15, 0.2) is 55.2 Å². The van der Waals surface area contributed by atoms with Crippen molar-refractivity contribution in [3.63, 3.8) is 0 Å². The van der Waals surface area contributed by atoms with Gasteiger partial charge in [-0.3, -0.25) is 4.79 Å². The van der Waals surface area contributed by atoms with Crippen molar-refractivity contribution in [1.82, 2.24) is 15.0 Å². The van der Waals surface area contributed by atoms with E-state index in [9.17, 15) is 4.79 Å². The van der Waals surface area contributed by atoms with E-state index in [4.69, 9.17) is 10.5 Å². The molecule has 3 aromatic rings. The van der Waals surface area contributed by atoms with Crippen LogP contribution in [0.25, 0.3) is 0 Å². The summed E-state index contributed by atoms with van der Waals surface area (Å²) in [4.78, 5) is 23.8. The summed E-state index contributed by atoms with van der Waals surface area (Å²) in [5.74, 6) is 0.785. The smallest absolute Gasteiger partial charge is 0.252 e. The second kappa shape index (κ2) is 7.93. The molecule has 132 valence electrons. The van der Waals surface area contributed by atoms with Crippen LogP contribution in [-0.2, 0) is 6.54 Å². The molecule has 0 unspecified atom stereocenters. The Labute approximate surface area is 150 Å². The lowest BCUT2D eigenvalue weighted by Crippen LogP contribution is -2.15. The number of anilines is 3. The molecule has 1 aromatic carbocycles. The molecule has 26 heavy (non-hydrogen) atoms. The topological polar surface area (TPSA) is 115 Å². The fraction of sp³-hybridized carbons (Fsp3) is 0.111. The van der Waals surface area contributed by atoms with Gasteiger partial charge < -0.3 is 21.1 Å². The Morgan fingerprint density at radius 1 is 1.15 bits per heavy atom. The minimum Gasteiger partial charge on any atom is -0.497 e. The minimum absolute atomic E-state index is 0.308. The average Bonchev–Trinajstić information content (AvgIpc) is 2.68. The van der Waals surface area contributed by atoms with Gasteiger partial charge in [-0.25, -0.2) is 15.0 Å². The van der Waals surface area contributed by atoms with Crippen molar-refractivity contribution in [2.45, 2.75) is 6.54 Å². The number of carbonyl (C=O) groups excluding carboxylic acids is 1. The molecule has 0 bridgehead atoms. The van der Waals surface area contributed by atoms with Gasteiger partial charge in [0.25, 0.3) is 5.91 Å². The number of methoxy groups -OCH3 is 1. The summed E-state index contributed by atoms with van der Waals surface area (Å²) >= 11 is 0. The minimum atomic E-state index is -0.555. The molecule has 2 aromatic heterocycles. The van der Waals surface area contributed by atoms with E-state index in [2.05, 4.69) is 25.6 Å². The van der Waals surface area contributed by atoms with Crippen molar-refractivity contribution in [3.05, 3.63) is 66.4 Å². The number of hydrogen-bond acceptors (Lipinski definition) is 7. The summed E-state index contributed by atoms with van der Waals surface area (Å²) in [5.41, 5.74) is 8.04. The summed E-state index contributed by atoms with van der Waals surface area (Å²) in [5, 5.41) is 6.35. The number of amides is 1. The summed E-state index contributed by atoms with van der Waals surface area (Å²) in [6.07, 6.45) is 6.29. The van der Waals surface area contributed by atoms with Gasteiger partial charge in [0.1, 0.15) is 17.9 Å². The molecule has 1 amide bonds. The van der Waals surface area contributed by atoms with Crippen molar-refractivity contribution in [2.75, 3.05) is 17.7 Å². The number of nitrogens with zero attached hydrogens (tertiary/aromatic N) is 3. The number of ether oxygens (including phenoxy) is 1. The van der Waals surface area contributed by atoms with Gasteiger partial charge in [-0.05, 0) is 24.3 Å². The fourth-order valence-electron chi connectivity index (χ4n) is 2.31. The maximum Gasteiger partial charge on any atom is 0.252 e. The molecule has 4 N–H and O–H groups in total. The molecule has 2 heterocycles. The molecule has 0 saturated heterocycles. The van der Waals surface area contributed by atoms with E-state index in [-0.39, 0.29) is 0 Å². The van der Waals surface area contributed by atoms with Crippen molar-refractivity contribution in [2.24, 2.45) is 5.73 Å². The molecule has 0 aliphatic carbocycles. The second-order valence-electron chi connectivity index (χ2n) is 5.43. The number of nitrogens with two attached hydrogens (primary N) is 1. The van der Waals surface area contributed by atoms with Crippen molar-refractivity contribution < 1.29 is 9.53 Å². The van der Waals surface area contributed by atoms with Crippen molar-refractivity contribution in [1.29, 1.82) is 0 Å². The number of carbonyl (C=O) groups is 1. The molecule has 0 aliphatic heterocycles. The van der Waals surface area contributed by atoms with Crippen LogP contribution in [0.1, 0.15) is 15.9 Å². The van der Waals surface area contributed by atoms with Crippen LogP contribution in [0.5, 0.6) is 5.75 Å². The van der Waals surface area contributed by atoms with E-state index in [0.29, 0.717) is 23.6 Å². The average molecular weight is 350 g/mol. The summed E-state index contributed by atoms with van der Waals surface area (Å²) in [6.45, 7) is 0.451. The van der Waals surface area contributed by atoms with Gasteiger partial charge in [0.05, 0.1) is 18.4 Å². The Balaban J connectivity index is 1.79. The highest BCUT2D eigenvalue weighted by atomic mass is 16.5. The number of pyridine rings is 1. The van der Waals surface area contributed by atoms with Gasteiger partial charge in [-0.1, -0.05) is 0 Å². The van der Waals surface area contributed by atoms with E-state index in [1.807, 2.05) is 24.3 Å². The monoisotopic (exact) mass is 350 g/mol. The number of primary amides is 1. The molecule has 0 spiro atoms. The van der Waals surface area contributed by atoms with Crippen LogP contribution in [0.3, 0.4) is 0 Å². The van der Waals surface area contributed by atoms with E-state index < -0.39 is 5.91 Å². The van der Waals surface area contributed by atoms with Crippen LogP contribution in [-0.4, -0.2) is 28.0 Å². The molecule has 0 atom stereocenters. The van der Waals surface area contributed by atoms with Crippen molar-refractivity contribution in [3.8, 4) is 5.75 Å². The lowest BCUT2D eigenvalue weighted by atomic mass is 10.2. The Bertz CT molecular complexity index is 884. The van der Waals surface area contributed by atoms with Crippen LogP contribution in [0.4, 0.5) is 17.2 Å². The quantitative estimate of drug-likeness (QED) is 0.599. The van der Waals surface area contributed by atoms with E-state index in [1.165, 1.54) is 12.5 Å². The van der Waals surface area contributed by atoms with E-state index in [0.717, 1.165) is 17.0 Å². The Morgan fingerprint density at radius 3 is 2.54 bits per heavy atom. The Morgan fingerprint density at radius 2 is 1.88 bits per heavy atom. The van der Waals surface area contributed by atoms with Crippen molar-refractivity contribution >= 4 is 23.1 Å². The zero-order chi connectivity index (χ0) is 18.4.